The molecule has 0 saturated heterocycles. The topological polar surface area (TPSA) is 12.9 Å². The maximum atomic E-state index is 12.4. The van der Waals surface area contributed by atoms with Crippen LogP contribution in [0.4, 0.5) is 39.5 Å². The molecule has 1 nitrogen and oxygen atoms in total. The van der Waals surface area contributed by atoms with Crippen molar-refractivity contribution in [3.05, 3.63) is 29.1 Å². The molecule has 114 valence electrons. The first-order valence-electron chi connectivity index (χ1n) is 4.96. The van der Waals surface area contributed by atoms with Gasteiger partial charge in [0.15, 0.2) is 0 Å². The van der Waals surface area contributed by atoms with Gasteiger partial charge in [-0.15, -0.1) is 0 Å². The van der Waals surface area contributed by atoms with Gasteiger partial charge in [0.2, 0.25) is 0 Å². The lowest BCUT2D eigenvalue weighted by molar-refractivity contribution is -0.154. The molecular weight excluding hydrogens is 305 g/mol. The number of aromatic nitrogens is 1. The molecule has 1 heterocycles. The third-order valence-electron chi connectivity index (χ3n) is 2.42. The van der Waals surface area contributed by atoms with E-state index in [1.165, 1.54) is 0 Å². The molecule has 10 heteroatoms. The van der Waals surface area contributed by atoms with Gasteiger partial charge in [-0.2, -0.15) is 39.5 Å². The van der Waals surface area contributed by atoms with Gasteiger partial charge in [-0.25, -0.2) is 4.98 Å². The Hall–Kier alpha value is -1.48. The first kappa shape index (κ1) is 16.6. The normalized spacial score (nSPS) is 15.3. The van der Waals surface area contributed by atoms with Gasteiger partial charge in [-0.1, -0.05) is 0 Å². The number of halogens is 9. The highest BCUT2D eigenvalue weighted by molar-refractivity contribution is 5.28. The summed E-state index contributed by atoms with van der Waals surface area (Å²) in [4.78, 5) is 2.32. The lowest BCUT2D eigenvalue weighted by Gasteiger charge is -2.19. The molecule has 1 atom stereocenters. The molecule has 0 bridgehead atoms. The molecule has 0 aliphatic heterocycles. The van der Waals surface area contributed by atoms with Gasteiger partial charge >= 0.3 is 18.5 Å². The summed E-state index contributed by atoms with van der Waals surface area (Å²) in [5, 5.41) is 0. The van der Waals surface area contributed by atoms with Crippen LogP contribution < -0.4 is 0 Å². The van der Waals surface area contributed by atoms with Crippen molar-refractivity contribution >= 4 is 0 Å². The summed E-state index contributed by atoms with van der Waals surface area (Å²) >= 11 is 0. The smallest absolute Gasteiger partial charge is 0.239 e. The second kappa shape index (κ2) is 4.81. The predicted molar refractivity (Wildman–Crippen MR) is 48.7 cm³/mol. The van der Waals surface area contributed by atoms with E-state index in [1.807, 2.05) is 0 Å². The van der Waals surface area contributed by atoms with Crippen LogP contribution in [0, 0.1) is 0 Å². The molecule has 0 saturated carbocycles. The summed E-state index contributed by atoms with van der Waals surface area (Å²) in [7, 11) is 0. The summed E-state index contributed by atoms with van der Waals surface area (Å²) in [6, 6.07) is -0.0687. The zero-order valence-corrected chi connectivity index (χ0v) is 9.58. The zero-order valence-electron chi connectivity index (χ0n) is 9.58. The van der Waals surface area contributed by atoms with Crippen molar-refractivity contribution < 1.29 is 39.5 Å². The Kier molecular flexibility index (Phi) is 3.99. The first-order valence-corrected chi connectivity index (χ1v) is 4.96. The van der Waals surface area contributed by atoms with Crippen molar-refractivity contribution in [2.24, 2.45) is 0 Å². The largest absolute Gasteiger partial charge is 0.433 e. The van der Waals surface area contributed by atoms with Crippen molar-refractivity contribution in [1.29, 1.82) is 0 Å². The maximum absolute atomic E-state index is 12.4. The number of hydrogen-bond donors (Lipinski definition) is 0. The number of rotatable bonds is 1. The Balaban J connectivity index is 3.47. The fourth-order valence-corrected chi connectivity index (χ4v) is 1.28. The van der Waals surface area contributed by atoms with Crippen LogP contribution in [0.2, 0.25) is 0 Å². The minimum Gasteiger partial charge on any atom is -0.239 e. The number of alkyl halides is 9. The number of pyridine rings is 1. The second-order valence-corrected chi connectivity index (χ2v) is 3.93. The molecule has 0 spiro atoms. The van der Waals surface area contributed by atoms with Crippen molar-refractivity contribution in [2.45, 2.75) is 31.4 Å². The van der Waals surface area contributed by atoms with Gasteiger partial charge < -0.3 is 0 Å². The van der Waals surface area contributed by atoms with Crippen LogP contribution in [0.25, 0.3) is 0 Å². The molecule has 1 rings (SSSR count). The van der Waals surface area contributed by atoms with Crippen molar-refractivity contribution in [2.75, 3.05) is 0 Å². The maximum Gasteiger partial charge on any atom is 0.433 e. The Bertz CT molecular complexity index is 451. The lowest BCUT2D eigenvalue weighted by Crippen LogP contribution is -2.21. The Morgan fingerprint density at radius 1 is 0.800 bits per heavy atom. The molecule has 1 aromatic rings. The van der Waals surface area contributed by atoms with Crippen LogP contribution in [0.15, 0.2) is 12.1 Å². The Morgan fingerprint density at radius 2 is 1.15 bits per heavy atom. The third kappa shape index (κ3) is 3.76. The van der Waals surface area contributed by atoms with Crippen molar-refractivity contribution in [3.63, 3.8) is 0 Å². The molecule has 1 unspecified atom stereocenters. The van der Waals surface area contributed by atoms with Crippen molar-refractivity contribution in [1.82, 2.24) is 4.98 Å². The Labute approximate surface area is 106 Å². The molecular formula is C10H6F9N. The van der Waals surface area contributed by atoms with E-state index in [0.29, 0.717) is 6.92 Å². The van der Waals surface area contributed by atoms with E-state index in [1.54, 1.807) is 0 Å². The quantitative estimate of drug-likeness (QED) is 0.680. The standard InChI is InChI=1S/C10H6F9N/c1-4(8(11,12)13)5-2-6(9(14,15)16)20-7(3-5)10(17,18)19/h2-4H,1H3. The monoisotopic (exact) mass is 311 g/mol. The molecule has 0 amide bonds. The molecule has 0 N–H and O–H groups in total. The van der Waals surface area contributed by atoms with E-state index in [0.717, 1.165) is 0 Å². The Morgan fingerprint density at radius 3 is 1.40 bits per heavy atom. The fraction of sp³-hybridized carbons (Fsp3) is 0.500. The van der Waals surface area contributed by atoms with Crippen LogP contribution in [0.5, 0.6) is 0 Å². The summed E-state index contributed by atoms with van der Waals surface area (Å²) in [6.45, 7) is 0.468. The van der Waals surface area contributed by atoms with Gasteiger partial charge in [0.05, 0.1) is 5.92 Å². The summed E-state index contributed by atoms with van der Waals surface area (Å²) < 4.78 is 112. The van der Waals surface area contributed by atoms with Crippen LogP contribution in [0.1, 0.15) is 29.8 Å². The number of nitrogens with zero attached hydrogens (tertiary/aromatic N) is 1. The van der Waals surface area contributed by atoms with Gasteiger partial charge in [0.25, 0.3) is 0 Å². The minimum atomic E-state index is -5.28. The van der Waals surface area contributed by atoms with E-state index in [4.69, 9.17) is 0 Å². The van der Waals surface area contributed by atoms with Crippen LogP contribution in [-0.2, 0) is 12.4 Å². The SMILES string of the molecule is CC(c1cc(C(F)(F)F)nc(C(F)(F)F)c1)C(F)(F)F. The van der Waals surface area contributed by atoms with E-state index in [9.17, 15) is 39.5 Å². The van der Waals surface area contributed by atoms with Crippen LogP contribution >= 0.6 is 0 Å². The molecule has 0 radical (unpaired) electrons. The molecule has 0 aliphatic carbocycles. The van der Waals surface area contributed by atoms with Gasteiger partial charge in [0.1, 0.15) is 11.4 Å². The van der Waals surface area contributed by atoms with Gasteiger partial charge in [-0.3, -0.25) is 0 Å². The van der Waals surface area contributed by atoms with Crippen LogP contribution in [-0.4, -0.2) is 11.2 Å². The predicted octanol–water partition coefficient (Wildman–Crippen LogP) is 4.79. The van der Waals surface area contributed by atoms with Gasteiger partial charge in [0, 0.05) is 0 Å². The molecule has 20 heavy (non-hydrogen) atoms. The highest BCUT2D eigenvalue weighted by atomic mass is 19.4. The van der Waals surface area contributed by atoms with Crippen LogP contribution in [0.3, 0.4) is 0 Å². The highest BCUT2D eigenvalue weighted by Crippen LogP contribution is 2.39. The summed E-state index contributed by atoms with van der Waals surface area (Å²) in [6.07, 6.45) is -15.5. The molecule has 0 fully saturated rings. The first-order chi connectivity index (χ1) is 8.73. The third-order valence-corrected chi connectivity index (χ3v) is 2.42. The van der Waals surface area contributed by atoms with E-state index in [-0.39, 0.29) is 12.1 Å². The average molecular weight is 311 g/mol. The van der Waals surface area contributed by atoms with E-state index < -0.39 is 41.4 Å². The zero-order chi connectivity index (χ0) is 15.9. The molecule has 1 aromatic heterocycles. The van der Waals surface area contributed by atoms with E-state index in [2.05, 4.69) is 4.98 Å². The molecule has 0 aliphatic rings. The fourth-order valence-electron chi connectivity index (χ4n) is 1.28. The van der Waals surface area contributed by atoms with E-state index >= 15 is 0 Å². The van der Waals surface area contributed by atoms with Crippen molar-refractivity contribution in [3.8, 4) is 0 Å². The highest BCUT2D eigenvalue weighted by Gasteiger charge is 2.42. The summed E-state index contributed by atoms with van der Waals surface area (Å²) in [5.41, 5.74) is -5.18. The average Bonchev–Trinajstić information content (AvgIpc) is 2.23. The lowest BCUT2D eigenvalue weighted by atomic mass is 9.99. The minimum absolute atomic E-state index is 0.0343. The summed E-state index contributed by atoms with van der Waals surface area (Å²) in [5.74, 6) is -2.48. The van der Waals surface area contributed by atoms with Gasteiger partial charge in [-0.05, 0) is 24.6 Å². The second-order valence-electron chi connectivity index (χ2n) is 3.93. The number of hydrogen-bond acceptors (Lipinski definition) is 1. The molecule has 0 aromatic carbocycles.